The molecule has 3 aliphatic heterocycles. The van der Waals surface area contributed by atoms with Gasteiger partial charge in [-0.15, -0.1) is 34.8 Å². The fraction of sp³-hybridized carbons (Fsp3) is 0.231. The third-order valence-corrected chi connectivity index (χ3v) is 12.6. The van der Waals surface area contributed by atoms with Crippen molar-refractivity contribution >= 4 is 92.0 Å². The van der Waals surface area contributed by atoms with Crippen LogP contribution in [-0.2, 0) is 4.57 Å². The van der Waals surface area contributed by atoms with Crippen LogP contribution in [0.1, 0.15) is 34.4 Å². The summed E-state index contributed by atoms with van der Waals surface area (Å²) in [6.45, 7) is 2.10. The van der Waals surface area contributed by atoms with Gasteiger partial charge in [-0.2, -0.15) is 4.57 Å². The molecule has 0 aromatic heterocycles. The first kappa shape index (κ1) is 31.9. The van der Waals surface area contributed by atoms with E-state index in [4.69, 9.17) is 48.4 Å². The van der Waals surface area contributed by atoms with Gasteiger partial charge in [0.25, 0.3) is 0 Å². The van der Waals surface area contributed by atoms with Gasteiger partial charge in [0, 0.05) is 106 Å². The molecule has 7 nitrogen and oxygen atoms in total. The molecule has 6 aromatic rings. The van der Waals surface area contributed by atoms with Gasteiger partial charge >= 0.3 is 7.82 Å². The van der Waals surface area contributed by atoms with Crippen LogP contribution in [0.5, 0.6) is 17.2 Å². The zero-order chi connectivity index (χ0) is 34.0. The van der Waals surface area contributed by atoms with Gasteiger partial charge in [0.05, 0.1) is 0 Å². The first-order valence-electron chi connectivity index (χ1n) is 16.7. The minimum absolute atomic E-state index is 0.133. The van der Waals surface area contributed by atoms with Crippen molar-refractivity contribution in [2.45, 2.75) is 17.8 Å². The zero-order valence-electron chi connectivity index (χ0n) is 26.8. The number of rotatable bonds is 9. The highest BCUT2D eigenvalue weighted by atomic mass is 35.5. The number of alkyl halides is 3. The summed E-state index contributed by atoms with van der Waals surface area (Å²) in [5, 5.41) is 15.7. The highest BCUT2D eigenvalue weighted by Crippen LogP contribution is 2.57. The van der Waals surface area contributed by atoms with E-state index in [9.17, 15) is 0 Å². The molecule has 0 amide bonds. The van der Waals surface area contributed by atoms with Crippen molar-refractivity contribution in [3.63, 3.8) is 0 Å². The van der Waals surface area contributed by atoms with Crippen LogP contribution in [0.4, 0.5) is 17.1 Å². The fourth-order valence-electron chi connectivity index (χ4n) is 7.90. The first-order valence-corrected chi connectivity index (χ1v) is 19.8. The molecule has 0 aliphatic carbocycles. The van der Waals surface area contributed by atoms with E-state index in [1.807, 2.05) is 91.0 Å². The molecule has 3 unspecified atom stereocenters. The molecule has 3 atom stereocenters. The second kappa shape index (κ2) is 12.6. The van der Waals surface area contributed by atoms with Crippen LogP contribution in [-0.4, -0.2) is 37.3 Å². The maximum Gasteiger partial charge on any atom is 0.647 e. The number of phosphoric acid groups is 1. The second-order valence-corrected chi connectivity index (χ2v) is 15.4. The average Bonchev–Trinajstić information content (AvgIpc) is 3.88. The third kappa shape index (κ3) is 5.21. The Morgan fingerprint density at radius 2 is 0.780 bits per heavy atom. The molecule has 3 aliphatic rings. The minimum atomic E-state index is -4.50. The van der Waals surface area contributed by atoms with Gasteiger partial charge in [0.1, 0.15) is 17.2 Å². The van der Waals surface area contributed by atoms with E-state index in [0.29, 0.717) is 54.5 Å². The quantitative estimate of drug-likeness (QED) is 0.100. The number of hydrogen-bond donors (Lipinski definition) is 3. The number of phosphoric ester groups is 1. The highest BCUT2D eigenvalue weighted by Gasteiger charge is 2.38. The molecular weight excluding hydrogens is 712 g/mol. The maximum absolute atomic E-state index is 15.5. The van der Waals surface area contributed by atoms with Gasteiger partial charge in [-0.05, 0) is 32.8 Å². The fourth-order valence-corrected chi connectivity index (χ4v) is 9.97. The van der Waals surface area contributed by atoms with Gasteiger partial charge in [-0.3, -0.25) is 0 Å². The molecular formula is C39H33Cl3N3O4P. The Bertz CT molecular complexity index is 2110. The average molecular weight is 745 g/mol. The van der Waals surface area contributed by atoms with Crippen molar-refractivity contribution in [1.82, 2.24) is 0 Å². The summed E-state index contributed by atoms with van der Waals surface area (Å²) < 4.78 is 35.3. The molecule has 9 rings (SSSR count). The Labute approximate surface area is 304 Å². The van der Waals surface area contributed by atoms with Crippen molar-refractivity contribution in [3.8, 4) is 17.2 Å². The Kier molecular flexibility index (Phi) is 8.08. The van der Waals surface area contributed by atoms with E-state index < -0.39 is 7.82 Å². The second-order valence-electron chi connectivity index (χ2n) is 13.1. The normalized spacial score (nSPS) is 20.0. The van der Waals surface area contributed by atoms with Crippen LogP contribution in [0.25, 0.3) is 32.3 Å². The number of anilines is 3. The lowest BCUT2D eigenvalue weighted by molar-refractivity contribution is 0.302. The van der Waals surface area contributed by atoms with Crippen molar-refractivity contribution < 1.29 is 18.1 Å². The van der Waals surface area contributed by atoms with E-state index >= 15 is 4.57 Å². The standard InChI is InChI=1S/C39H33Cl3N3O4P/c40-16-22-19-43-31-13-34(25-7-1-4-10-28(25)37(22)31)47-50(46,48-35-14-32-38(23(17-41)20-44-32)29-11-5-2-8-26(29)35)49-36-15-33-39(24(18-42)21-45-33)30-12-6-3-9-27(30)36/h1-15,22-24,43-45H,16-21H2. The monoisotopic (exact) mass is 743 g/mol. The summed E-state index contributed by atoms with van der Waals surface area (Å²) in [7, 11) is -4.50. The summed E-state index contributed by atoms with van der Waals surface area (Å²) in [6, 6.07) is 29.4. The predicted molar refractivity (Wildman–Crippen MR) is 207 cm³/mol. The molecule has 0 saturated carbocycles. The zero-order valence-corrected chi connectivity index (χ0v) is 30.0. The van der Waals surface area contributed by atoms with Crippen LogP contribution in [0.3, 0.4) is 0 Å². The number of halogens is 3. The molecule has 0 fully saturated rings. The van der Waals surface area contributed by atoms with Crippen LogP contribution < -0.4 is 29.5 Å². The molecule has 0 saturated heterocycles. The Morgan fingerprint density at radius 3 is 1.06 bits per heavy atom. The smallest absolute Gasteiger partial charge is 0.385 e. The topological polar surface area (TPSA) is 80.9 Å². The van der Waals surface area contributed by atoms with Gasteiger partial charge < -0.3 is 29.5 Å². The van der Waals surface area contributed by atoms with Crippen LogP contribution >= 0.6 is 42.6 Å². The summed E-state index contributed by atoms with van der Waals surface area (Å²) in [4.78, 5) is 0. The lowest BCUT2D eigenvalue weighted by Crippen LogP contribution is -2.09. The molecule has 0 bridgehead atoms. The molecule has 0 spiro atoms. The largest absolute Gasteiger partial charge is 0.647 e. The number of nitrogens with one attached hydrogen (secondary N) is 3. The molecule has 3 N–H and O–H groups in total. The molecule has 0 radical (unpaired) electrons. The van der Waals surface area contributed by atoms with Crippen molar-refractivity contribution in [1.29, 1.82) is 0 Å². The van der Waals surface area contributed by atoms with Crippen LogP contribution in [0.15, 0.2) is 91.0 Å². The van der Waals surface area contributed by atoms with Crippen molar-refractivity contribution in [2.75, 3.05) is 53.2 Å². The minimum Gasteiger partial charge on any atom is -0.385 e. The highest BCUT2D eigenvalue weighted by molar-refractivity contribution is 7.49. The maximum atomic E-state index is 15.5. The van der Waals surface area contributed by atoms with E-state index in [1.165, 1.54) is 0 Å². The molecule has 6 aromatic carbocycles. The van der Waals surface area contributed by atoms with E-state index in [1.54, 1.807) is 0 Å². The Balaban J connectivity index is 1.22. The summed E-state index contributed by atoms with van der Waals surface area (Å²) >= 11 is 19.2. The van der Waals surface area contributed by atoms with Gasteiger partial charge in [-0.1, -0.05) is 72.8 Å². The van der Waals surface area contributed by atoms with Gasteiger partial charge in [-0.25, -0.2) is 0 Å². The van der Waals surface area contributed by atoms with Crippen LogP contribution in [0, 0.1) is 0 Å². The summed E-state index contributed by atoms with van der Waals surface area (Å²) in [6.07, 6.45) is 0. The van der Waals surface area contributed by atoms with Gasteiger partial charge in [0.15, 0.2) is 0 Å². The lowest BCUT2D eigenvalue weighted by atomic mass is 9.95. The van der Waals surface area contributed by atoms with E-state index in [0.717, 1.165) is 66.1 Å². The number of benzene rings is 6. The summed E-state index contributed by atoms with van der Waals surface area (Å²) in [5.74, 6) is 2.96. The molecule has 50 heavy (non-hydrogen) atoms. The molecule has 3 heterocycles. The number of hydrogen-bond acceptors (Lipinski definition) is 7. The van der Waals surface area contributed by atoms with E-state index in [2.05, 4.69) is 16.0 Å². The van der Waals surface area contributed by atoms with Crippen molar-refractivity contribution in [2.24, 2.45) is 0 Å². The molecule has 254 valence electrons. The molecule has 11 heteroatoms. The Hall–Kier alpha value is -4.00. The number of fused-ring (bicyclic) bond motifs is 9. The summed E-state index contributed by atoms with van der Waals surface area (Å²) in [5.41, 5.74) is 6.01. The first-order chi connectivity index (χ1) is 24.5. The Morgan fingerprint density at radius 1 is 0.500 bits per heavy atom. The van der Waals surface area contributed by atoms with Crippen molar-refractivity contribution in [3.05, 3.63) is 108 Å². The lowest BCUT2D eigenvalue weighted by Gasteiger charge is -2.24. The SMILES string of the molecule is O=P(Oc1cc2c(c3ccccc13)C(CCl)CN2)(Oc1cc2c(c3ccccc13)C(CCl)CN2)Oc1cc2c(c3ccccc13)C(CCl)CN2. The van der Waals surface area contributed by atoms with Gasteiger partial charge in [0.2, 0.25) is 0 Å². The third-order valence-electron chi connectivity index (χ3n) is 10.2. The van der Waals surface area contributed by atoms with Crippen LogP contribution in [0.2, 0.25) is 0 Å². The van der Waals surface area contributed by atoms with E-state index in [-0.39, 0.29) is 17.8 Å². The predicted octanol–water partition coefficient (Wildman–Crippen LogP) is 11.0.